The van der Waals surface area contributed by atoms with E-state index in [-0.39, 0.29) is 5.78 Å². The van der Waals surface area contributed by atoms with Crippen molar-refractivity contribution in [2.24, 2.45) is 5.92 Å². The number of rotatable bonds is 4. The predicted octanol–water partition coefficient (Wildman–Crippen LogP) is 4.02. The average Bonchev–Trinajstić information content (AvgIpc) is 3.03. The summed E-state index contributed by atoms with van der Waals surface area (Å²) in [6.45, 7) is 5.84. The molecule has 0 aliphatic heterocycles. The van der Waals surface area contributed by atoms with Crippen LogP contribution in [-0.4, -0.2) is 17.5 Å². The molecule has 1 aliphatic rings. The van der Waals surface area contributed by atoms with E-state index in [1.54, 1.807) is 0 Å². The lowest BCUT2D eigenvalue weighted by Crippen LogP contribution is -2.32. The van der Waals surface area contributed by atoms with E-state index in [0.717, 1.165) is 24.0 Å². The van der Waals surface area contributed by atoms with Crippen molar-refractivity contribution in [3.8, 4) is 11.8 Å². The fraction of sp³-hybridized carbons (Fsp3) is 0.524. The lowest BCUT2D eigenvalue weighted by molar-refractivity contribution is -0.113. The molecule has 0 spiro atoms. The van der Waals surface area contributed by atoms with Gasteiger partial charge in [0.15, 0.2) is 0 Å². The molecular weight excluding hydrogens is 314 g/mol. The summed E-state index contributed by atoms with van der Waals surface area (Å²) in [4.78, 5) is 23.7. The lowest BCUT2D eigenvalue weighted by Gasteiger charge is -2.19. The molecule has 0 bridgehead atoms. The fourth-order valence-corrected chi connectivity index (χ4v) is 2.82. The van der Waals surface area contributed by atoms with Gasteiger partial charge in [0, 0.05) is 18.9 Å². The number of hydrogen-bond donors (Lipinski definition) is 1. The van der Waals surface area contributed by atoms with Crippen molar-refractivity contribution in [1.82, 2.24) is 5.32 Å². The molecule has 1 saturated carbocycles. The van der Waals surface area contributed by atoms with E-state index in [4.69, 9.17) is 4.74 Å². The number of alkyl carbamates (subject to hydrolysis) is 1. The minimum Gasteiger partial charge on any atom is -0.444 e. The van der Waals surface area contributed by atoms with Crippen LogP contribution in [0.4, 0.5) is 4.79 Å². The Labute approximate surface area is 150 Å². The van der Waals surface area contributed by atoms with Gasteiger partial charge in [0.05, 0.1) is 0 Å². The minimum absolute atomic E-state index is 0.0517. The van der Waals surface area contributed by atoms with Crippen molar-refractivity contribution in [3.05, 3.63) is 35.4 Å². The third-order valence-electron chi connectivity index (χ3n) is 3.96. The highest BCUT2D eigenvalue weighted by atomic mass is 16.6. The van der Waals surface area contributed by atoms with Crippen LogP contribution < -0.4 is 5.32 Å². The molecule has 0 unspecified atom stereocenters. The van der Waals surface area contributed by atoms with E-state index in [9.17, 15) is 9.59 Å². The van der Waals surface area contributed by atoms with Crippen molar-refractivity contribution in [2.45, 2.75) is 65.0 Å². The van der Waals surface area contributed by atoms with Gasteiger partial charge in [-0.1, -0.05) is 43.0 Å². The number of benzene rings is 1. The molecule has 1 fully saturated rings. The van der Waals surface area contributed by atoms with Crippen molar-refractivity contribution in [3.63, 3.8) is 0 Å². The molecule has 1 amide bonds. The number of hydrogen-bond acceptors (Lipinski definition) is 3. The van der Waals surface area contributed by atoms with Crippen molar-refractivity contribution >= 4 is 11.9 Å². The number of amides is 1. The largest absolute Gasteiger partial charge is 0.444 e. The molecule has 134 valence electrons. The molecule has 1 N–H and O–H groups in total. The molecule has 4 nitrogen and oxygen atoms in total. The Kier molecular flexibility index (Phi) is 6.64. The van der Waals surface area contributed by atoms with Gasteiger partial charge in [-0.2, -0.15) is 0 Å². The number of Topliss-reactive ketones (excluding diaryl/α,β-unsaturated/α-hetero) is 1. The number of carbonyl (C=O) groups excluding carboxylic acids is 2. The topological polar surface area (TPSA) is 55.4 Å². The standard InChI is InChI=1S/C21H27NO3/c1-21(2,3)25-20(24)22-15-18-10-6-9-17(13-18)14-19(23)12-11-16-7-4-5-8-16/h6,9-10,13,16H,4-5,7-8,14-15H2,1-3H3,(H,22,24). The van der Waals surface area contributed by atoms with Crippen LogP contribution in [0.2, 0.25) is 0 Å². The molecule has 1 aromatic rings. The second-order valence-corrected chi connectivity index (χ2v) is 7.53. The Morgan fingerprint density at radius 1 is 1.20 bits per heavy atom. The Bertz CT molecular complexity index is 670. The van der Waals surface area contributed by atoms with E-state index in [1.165, 1.54) is 12.8 Å². The van der Waals surface area contributed by atoms with Gasteiger partial charge in [-0.25, -0.2) is 4.79 Å². The van der Waals surface area contributed by atoms with Gasteiger partial charge in [0.1, 0.15) is 5.60 Å². The molecule has 4 heteroatoms. The Morgan fingerprint density at radius 2 is 1.88 bits per heavy atom. The van der Waals surface area contributed by atoms with Gasteiger partial charge in [-0.05, 0) is 50.7 Å². The lowest BCUT2D eigenvalue weighted by atomic mass is 10.0. The highest BCUT2D eigenvalue weighted by Gasteiger charge is 2.15. The maximum Gasteiger partial charge on any atom is 0.407 e. The molecule has 0 aromatic heterocycles. The second kappa shape index (κ2) is 8.71. The number of ether oxygens (including phenoxy) is 1. The predicted molar refractivity (Wildman–Crippen MR) is 98.0 cm³/mol. The zero-order valence-corrected chi connectivity index (χ0v) is 15.4. The van der Waals surface area contributed by atoms with Gasteiger partial charge in [-0.15, -0.1) is 0 Å². The van der Waals surface area contributed by atoms with Crippen LogP contribution >= 0.6 is 0 Å². The second-order valence-electron chi connectivity index (χ2n) is 7.53. The summed E-state index contributed by atoms with van der Waals surface area (Å²) >= 11 is 0. The summed E-state index contributed by atoms with van der Waals surface area (Å²) in [6, 6.07) is 7.63. The van der Waals surface area contributed by atoms with E-state index < -0.39 is 11.7 Å². The van der Waals surface area contributed by atoms with Crippen LogP contribution in [0.1, 0.15) is 57.6 Å². The molecule has 1 aromatic carbocycles. The van der Waals surface area contributed by atoms with Crippen LogP contribution in [0.5, 0.6) is 0 Å². The quantitative estimate of drug-likeness (QED) is 0.665. The molecule has 0 heterocycles. The van der Waals surface area contributed by atoms with E-state index >= 15 is 0 Å². The first-order chi connectivity index (χ1) is 11.8. The molecule has 25 heavy (non-hydrogen) atoms. The first kappa shape index (κ1) is 19.1. The van der Waals surface area contributed by atoms with Crippen LogP contribution in [0.25, 0.3) is 0 Å². The average molecular weight is 341 g/mol. The molecule has 1 aliphatic carbocycles. The van der Waals surface area contributed by atoms with Crippen LogP contribution in [0.15, 0.2) is 24.3 Å². The van der Waals surface area contributed by atoms with E-state index in [0.29, 0.717) is 18.9 Å². The first-order valence-electron chi connectivity index (χ1n) is 8.91. The Hall–Kier alpha value is -2.28. The number of ketones is 1. The number of carbonyl (C=O) groups is 2. The highest BCUT2D eigenvalue weighted by Crippen LogP contribution is 2.23. The Balaban J connectivity index is 1.85. The third kappa shape index (κ3) is 7.43. The monoisotopic (exact) mass is 341 g/mol. The van der Waals surface area contributed by atoms with Gasteiger partial charge < -0.3 is 10.1 Å². The van der Waals surface area contributed by atoms with Crippen LogP contribution in [0, 0.1) is 17.8 Å². The third-order valence-corrected chi connectivity index (χ3v) is 3.96. The minimum atomic E-state index is -0.518. The normalized spacial score (nSPS) is 14.5. The van der Waals surface area contributed by atoms with Gasteiger partial charge in [0.25, 0.3) is 0 Å². The van der Waals surface area contributed by atoms with Crippen LogP contribution in [-0.2, 0) is 22.5 Å². The van der Waals surface area contributed by atoms with E-state index in [1.807, 2.05) is 45.0 Å². The maximum atomic E-state index is 12.0. The first-order valence-corrected chi connectivity index (χ1v) is 8.91. The maximum absolute atomic E-state index is 12.0. The number of nitrogens with one attached hydrogen (secondary N) is 1. The molecular formula is C21H27NO3. The van der Waals surface area contributed by atoms with E-state index in [2.05, 4.69) is 17.2 Å². The van der Waals surface area contributed by atoms with Crippen molar-refractivity contribution in [1.29, 1.82) is 0 Å². The van der Waals surface area contributed by atoms with Crippen molar-refractivity contribution < 1.29 is 14.3 Å². The van der Waals surface area contributed by atoms with Crippen molar-refractivity contribution in [2.75, 3.05) is 0 Å². The van der Waals surface area contributed by atoms with Gasteiger partial charge in [-0.3, -0.25) is 4.79 Å². The van der Waals surface area contributed by atoms with Gasteiger partial charge >= 0.3 is 6.09 Å². The van der Waals surface area contributed by atoms with Gasteiger partial charge in [0.2, 0.25) is 5.78 Å². The smallest absolute Gasteiger partial charge is 0.407 e. The summed E-state index contributed by atoms with van der Waals surface area (Å²) in [7, 11) is 0. The molecule has 2 rings (SSSR count). The SMILES string of the molecule is CC(C)(C)OC(=O)NCc1cccc(CC(=O)C#CC2CCCC2)c1. The summed E-state index contributed by atoms with van der Waals surface area (Å²) in [6.07, 6.45) is 4.54. The molecule has 0 saturated heterocycles. The summed E-state index contributed by atoms with van der Waals surface area (Å²) in [5.74, 6) is 6.24. The summed E-state index contributed by atoms with van der Waals surface area (Å²) in [5, 5.41) is 2.72. The zero-order chi connectivity index (χ0) is 18.3. The summed E-state index contributed by atoms with van der Waals surface area (Å²) < 4.78 is 5.21. The highest BCUT2D eigenvalue weighted by molar-refractivity contribution is 5.97. The molecule has 0 atom stereocenters. The fourth-order valence-electron chi connectivity index (χ4n) is 2.82. The Morgan fingerprint density at radius 3 is 2.56 bits per heavy atom. The summed E-state index contributed by atoms with van der Waals surface area (Å²) in [5.41, 5.74) is 1.32. The molecule has 0 radical (unpaired) electrons. The zero-order valence-electron chi connectivity index (χ0n) is 15.4. The van der Waals surface area contributed by atoms with Crippen LogP contribution in [0.3, 0.4) is 0 Å².